The third-order valence-electron chi connectivity index (χ3n) is 6.96. The van der Waals surface area contributed by atoms with Gasteiger partial charge in [-0.15, -0.1) is 0 Å². The zero-order valence-corrected chi connectivity index (χ0v) is 23.5. The van der Waals surface area contributed by atoms with Crippen LogP contribution in [0, 0.1) is 6.92 Å². The number of ether oxygens (including phenoxy) is 2. The molecule has 1 aliphatic rings. The number of Topliss-reactive ketones (excluding diaryl/α,β-unsaturated/α-hetero) is 1. The maximum Gasteiger partial charge on any atom is 0.295 e. The van der Waals surface area contributed by atoms with Crippen molar-refractivity contribution in [2.75, 3.05) is 39.4 Å². The van der Waals surface area contributed by atoms with Crippen LogP contribution in [0.1, 0.15) is 69.7 Å². The molecule has 7 heteroatoms. The SMILES string of the molecule is CCCCOc1ccc(C2/C(=C(\O)c3ccc(OCCC)c(C)c3)C(=O)C(=O)N2CCN(CC)CC)cc1. The summed E-state index contributed by atoms with van der Waals surface area (Å²) in [5.74, 6) is 0.0388. The monoisotopic (exact) mass is 522 g/mol. The van der Waals surface area contributed by atoms with Crippen LogP contribution in [-0.4, -0.2) is 66.0 Å². The molecule has 1 aliphatic heterocycles. The molecular formula is C31H42N2O5. The quantitative estimate of drug-likeness (QED) is 0.148. The van der Waals surface area contributed by atoms with Crippen LogP contribution in [0.4, 0.5) is 0 Å². The van der Waals surface area contributed by atoms with Crippen LogP contribution in [0.3, 0.4) is 0 Å². The van der Waals surface area contributed by atoms with Crippen molar-refractivity contribution in [2.45, 2.75) is 59.9 Å². The molecule has 1 saturated heterocycles. The molecule has 2 aromatic rings. The first-order chi connectivity index (χ1) is 18.4. The van der Waals surface area contributed by atoms with E-state index in [2.05, 4.69) is 25.7 Å². The Hall–Kier alpha value is -3.32. The van der Waals surface area contributed by atoms with Gasteiger partial charge in [-0.1, -0.05) is 46.2 Å². The van der Waals surface area contributed by atoms with Gasteiger partial charge in [0.05, 0.1) is 24.8 Å². The summed E-state index contributed by atoms with van der Waals surface area (Å²) >= 11 is 0. The van der Waals surface area contributed by atoms with Crippen molar-refractivity contribution in [1.82, 2.24) is 9.80 Å². The molecule has 38 heavy (non-hydrogen) atoms. The van der Waals surface area contributed by atoms with Crippen LogP contribution in [0.5, 0.6) is 11.5 Å². The minimum atomic E-state index is -0.688. The first kappa shape index (κ1) is 29.2. The van der Waals surface area contributed by atoms with E-state index >= 15 is 0 Å². The molecule has 7 nitrogen and oxygen atoms in total. The minimum absolute atomic E-state index is 0.107. The lowest BCUT2D eigenvalue weighted by Crippen LogP contribution is -2.38. The Morgan fingerprint density at radius 3 is 2.26 bits per heavy atom. The number of hydrogen-bond acceptors (Lipinski definition) is 6. The summed E-state index contributed by atoms with van der Waals surface area (Å²) in [6, 6.07) is 12.1. The lowest BCUT2D eigenvalue weighted by atomic mass is 9.94. The number of aryl methyl sites for hydroxylation is 1. The molecule has 0 spiro atoms. The molecule has 1 N–H and O–H groups in total. The maximum atomic E-state index is 13.4. The molecule has 1 atom stereocenters. The predicted octanol–water partition coefficient (Wildman–Crippen LogP) is 5.73. The number of hydrogen-bond donors (Lipinski definition) is 1. The highest BCUT2D eigenvalue weighted by atomic mass is 16.5. The number of aliphatic hydroxyl groups is 1. The molecule has 1 fully saturated rings. The molecule has 0 bridgehead atoms. The molecule has 1 amide bonds. The summed E-state index contributed by atoms with van der Waals surface area (Å²) in [5, 5.41) is 11.4. The fourth-order valence-electron chi connectivity index (χ4n) is 4.65. The van der Waals surface area contributed by atoms with Crippen molar-refractivity contribution in [3.63, 3.8) is 0 Å². The normalized spacial score (nSPS) is 16.9. The standard InChI is InChI=1S/C31H42N2O5/c1-6-10-20-37-25-14-11-23(12-15-25)28-27(30(35)31(36)33(28)18-17-32(8-3)9-4)29(34)24-13-16-26(22(5)21-24)38-19-7-2/h11-16,21,28,34H,6-10,17-20H2,1-5H3/b29-27+. The molecule has 1 unspecified atom stereocenters. The Bertz CT molecular complexity index is 1120. The van der Waals surface area contributed by atoms with E-state index in [4.69, 9.17) is 9.47 Å². The second-order valence-electron chi connectivity index (χ2n) is 9.62. The Kier molecular flexibility index (Phi) is 10.8. The number of rotatable bonds is 14. The van der Waals surface area contributed by atoms with E-state index in [-0.39, 0.29) is 11.3 Å². The zero-order valence-electron chi connectivity index (χ0n) is 23.5. The van der Waals surface area contributed by atoms with Gasteiger partial charge < -0.3 is 24.4 Å². The molecule has 206 valence electrons. The second-order valence-corrected chi connectivity index (χ2v) is 9.62. The second kappa shape index (κ2) is 14.0. The van der Waals surface area contributed by atoms with Gasteiger partial charge in [-0.25, -0.2) is 0 Å². The van der Waals surface area contributed by atoms with Gasteiger partial charge in [0.25, 0.3) is 11.7 Å². The van der Waals surface area contributed by atoms with Gasteiger partial charge in [0.15, 0.2) is 0 Å². The number of nitrogens with zero attached hydrogens (tertiary/aromatic N) is 2. The molecule has 0 aliphatic carbocycles. The molecule has 3 rings (SSSR count). The van der Waals surface area contributed by atoms with E-state index in [9.17, 15) is 14.7 Å². The highest BCUT2D eigenvalue weighted by molar-refractivity contribution is 6.46. The van der Waals surface area contributed by atoms with Crippen molar-refractivity contribution < 1.29 is 24.2 Å². The highest BCUT2D eigenvalue weighted by Crippen LogP contribution is 2.40. The van der Waals surface area contributed by atoms with Crippen LogP contribution in [0.25, 0.3) is 5.76 Å². The van der Waals surface area contributed by atoms with E-state index in [0.29, 0.717) is 31.9 Å². The number of amides is 1. The fraction of sp³-hybridized carbons (Fsp3) is 0.484. The largest absolute Gasteiger partial charge is 0.507 e. The number of benzene rings is 2. The van der Waals surface area contributed by atoms with Gasteiger partial charge in [-0.05, 0) is 74.3 Å². The van der Waals surface area contributed by atoms with Crippen molar-refractivity contribution in [3.05, 3.63) is 64.7 Å². The third kappa shape index (κ3) is 6.76. The van der Waals surface area contributed by atoms with E-state index in [1.807, 2.05) is 38.1 Å². The van der Waals surface area contributed by atoms with Gasteiger partial charge in [0.2, 0.25) is 0 Å². The summed E-state index contributed by atoms with van der Waals surface area (Å²) in [6.07, 6.45) is 2.90. The first-order valence-electron chi connectivity index (χ1n) is 13.8. The molecule has 1 heterocycles. The predicted molar refractivity (Wildman–Crippen MR) is 151 cm³/mol. The summed E-state index contributed by atoms with van der Waals surface area (Å²) in [5.41, 5.74) is 2.20. The number of carbonyl (C=O) groups is 2. The third-order valence-corrected chi connectivity index (χ3v) is 6.96. The number of ketones is 1. The average Bonchev–Trinajstić information content (AvgIpc) is 3.18. The number of carbonyl (C=O) groups excluding carboxylic acids is 2. The summed E-state index contributed by atoms with van der Waals surface area (Å²) in [4.78, 5) is 30.4. The van der Waals surface area contributed by atoms with E-state index < -0.39 is 17.7 Å². The topological polar surface area (TPSA) is 79.3 Å². The molecular weight excluding hydrogens is 480 g/mol. The number of aliphatic hydroxyl groups excluding tert-OH is 1. The van der Waals surface area contributed by atoms with Crippen LogP contribution < -0.4 is 9.47 Å². The van der Waals surface area contributed by atoms with Gasteiger partial charge >= 0.3 is 0 Å². The molecule has 0 radical (unpaired) electrons. The van der Waals surface area contributed by atoms with Gasteiger partial charge in [0.1, 0.15) is 17.3 Å². The lowest BCUT2D eigenvalue weighted by molar-refractivity contribution is -0.140. The van der Waals surface area contributed by atoms with Crippen LogP contribution in [0.15, 0.2) is 48.0 Å². The average molecular weight is 523 g/mol. The van der Waals surface area contributed by atoms with Gasteiger partial charge in [-0.2, -0.15) is 0 Å². The Balaban J connectivity index is 2.02. The van der Waals surface area contributed by atoms with Crippen LogP contribution in [-0.2, 0) is 9.59 Å². The molecule has 0 saturated carbocycles. The minimum Gasteiger partial charge on any atom is -0.507 e. The Morgan fingerprint density at radius 1 is 0.947 bits per heavy atom. The first-order valence-corrected chi connectivity index (χ1v) is 13.8. The van der Waals surface area contributed by atoms with Crippen molar-refractivity contribution in [2.24, 2.45) is 0 Å². The maximum absolute atomic E-state index is 13.4. The van der Waals surface area contributed by atoms with E-state index in [0.717, 1.165) is 55.0 Å². The van der Waals surface area contributed by atoms with Crippen molar-refractivity contribution >= 4 is 17.4 Å². The van der Waals surface area contributed by atoms with Gasteiger partial charge in [0, 0.05) is 18.7 Å². The molecule has 0 aromatic heterocycles. The Labute approximate surface area is 227 Å². The zero-order chi connectivity index (χ0) is 27.7. The number of unbranched alkanes of at least 4 members (excludes halogenated alkanes) is 1. The highest BCUT2D eigenvalue weighted by Gasteiger charge is 2.46. The van der Waals surface area contributed by atoms with Gasteiger partial charge in [-0.3, -0.25) is 9.59 Å². The summed E-state index contributed by atoms with van der Waals surface area (Å²) in [6.45, 7) is 14.1. The number of likely N-dealkylation sites (tertiary alicyclic amines) is 1. The van der Waals surface area contributed by atoms with Crippen LogP contribution >= 0.6 is 0 Å². The smallest absolute Gasteiger partial charge is 0.295 e. The molecule has 2 aromatic carbocycles. The van der Waals surface area contributed by atoms with Crippen molar-refractivity contribution in [1.29, 1.82) is 0 Å². The summed E-state index contributed by atoms with van der Waals surface area (Å²) < 4.78 is 11.6. The Morgan fingerprint density at radius 2 is 1.66 bits per heavy atom. The van der Waals surface area contributed by atoms with E-state index in [1.54, 1.807) is 23.1 Å². The number of likely N-dealkylation sites (N-methyl/N-ethyl adjacent to an activating group) is 1. The van der Waals surface area contributed by atoms with Crippen molar-refractivity contribution in [3.8, 4) is 11.5 Å². The fourth-order valence-corrected chi connectivity index (χ4v) is 4.65. The summed E-state index contributed by atoms with van der Waals surface area (Å²) in [7, 11) is 0. The van der Waals surface area contributed by atoms with E-state index in [1.165, 1.54) is 0 Å². The lowest BCUT2D eigenvalue weighted by Gasteiger charge is -2.28. The van der Waals surface area contributed by atoms with Crippen LogP contribution in [0.2, 0.25) is 0 Å².